The van der Waals surface area contributed by atoms with Gasteiger partial charge in [-0.25, -0.2) is 19.9 Å². The van der Waals surface area contributed by atoms with Crippen molar-refractivity contribution >= 4 is 101 Å². The van der Waals surface area contributed by atoms with Gasteiger partial charge in [0.25, 0.3) is 0 Å². The van der Waals surface area contributed by atoms with Crippen LogP contribution in [0.25, 0.3) is 182 Å². The van der Waals surface area contributed by atoms with E-state index < -0.39 is 8.07 Å². The lowest BCUT2D eigenvalue weighted by Gasteiger charge is -2.26. The molecule has 17 rings (SSSR count). The maximum absolute atomic E-state index is 5.93. The highest BCUT2D eigenvalue weighted by molar-refractivity contribution is 6.83. The standard InChI is InChI=1S/C105H98N8Si/c1-63-23-29-67(30-24-63)95-80-41-39-78(106-80)94(66-21-19-18-20-22-66)79-40-42-81(107-79)96(68-31-25-64(2)26-32-68)83-44-46-87(109-83)98(86-45-43-82(95)108-86)70-35-37-71(38-36-70)99-88-49-53-92(112-88)100(72-57-74(102(3,4)5)61-75(58-72)103(6,7)8)90-51-47-84(110-90)97(69-33-27-65(28-34-69)55-56-114(15,16)17)85-48-52-91(111-85)101(93-54-50-89(99)113-93)73-59-76(104(9,10)11)62-77(60-73)105(12,13)14/h18-54,57-62,106,109-110,113H,1-17H3. The fraction of sp³-hybridized carbons (Fsp3) is 0.200. The van der Waals surface area contributed by atoms with Crippen LogP contribution in [0.2, 0.25) is 19.6 Å². The monoisotopic (exact) mass is 1500 g/mol. The Bertz CT molecular complexity index is 6450. The lowest BCUT2D eigenvalue weighted by Crippen LogP contribution is -2.16. The number of H-pyrrole nitrogens is 4. The molecule has 4 aliphatic heterocycles. The van der Waals surface area contributed by atoms with E-state index in [1.807, 2.05) is 0 Å². The van der Waals surface area contributed by atoms with E-state index in [0.717, 1.165) is 184 Å². The van der Waals surface area contributed by atoms with Crippen LogP contribution in [0.3, 0.4) is 0 Å². The van der Waals surface area contributed by atoms with Gasteiger partial charge < -0.3 is 19.9 Å². The first-order valence-corrected chi connectivity index (χ1v) is 43.5. The second kappa shape index (κ2) is 28.3. The zero-order valence-corrected chi connectivity index (χ0v) is 69.6. The lowest BCUT2D eigenvalue weighted by atomic mass is 9.78. The van der Waals surface area contributed by atoms with Crippen molar-refractivity contribution in [2.45, 2.75) is 138 Å². The van der Waals surface area contributed by atoms with Crippen molar-refractivity contribution in [1.82, 2.24) is 39.9 Å². The fourth-order valence-electron chi connectivity index (χ4n) is 15.9. The van der Waals surface area contributed by atoms with Gasteiger partial charge in [0.05, 0.1) is 45.6 Å². The van der Waals surface area contributed by atoms with Gasteiger partial charge in [-0.05, 0) is 212 Å². The molecule has 16 bridgehead atoms. The maximum atomic E-state index is 5.93. The molecule has 562 valence electrons. The van der Waals surface area contributed by atoms with Gasteiger partial charge in [0.1, 0.15) is 8.07 Å². The van der Waals surface area contributed by atoms with Gasteiger partial charge in [0.2, 0.25) is 0 Å². The second-order valence-electron chi connectivity index (χ2n) is 36.4. The molecule has 6 aromatic heterocycles. The molecule has 0 amide bonds. The minimum Gasteiger partial charge on any atom is -0.354 e. The summed E-state index contributed by atoms with van der Waals surface area (Å²) in [5, 5.41) is 0. The molecule has 0 saturated carbocycles. The third kappa shape index (κ3) is 14.6. The van der Waals surface area contributed by atoms with Gasteiger partial charge in [-0.3, -0.25) is 0 Å². The summed E-state index contributed by atoms with van der Waals surface area (Å²) in [7, 11) is -1.65. The smallest absolute Gasteiger partial charge is 0.129 e. The van der Waals surface area contributed by atoms with E-state index in [1.54, 1.807) is 0 Å². The highest BCUT2D eigenvalue weighted by atomic mass is 28.3. The van der Waals surface area contributed by atoms with Crippen molar-refractivity contribution in [3.05, 3.63) is 297 Å². The summed E-state index contributed by atoms with van der Waals surface area (Å²) < 4.78 is 0. The van der Waals surface area contributed by atoms with Crippen LogP contribution < -0.4 is 0 Å². The van der Waals surface area contributed by atoms with E-state index in [1.165, 1.54) is 33.4 Å². The number of benzene rings is 7. The molecular formula is C105H98N8Si. The molecule has 0 aliphatic carbocycles. The van der Waals surface area contributed by atoms with E-state index in [-0.39, 0.29) is 21.7 Å². The highest BCUT2D eigenvalue weighted by Gasteiger charge is 2.28. The van der Waals surface area contributed by atoms with Crippen LogP contribution >= 0.6 is 0 Å². The molecule has 7 aromatic carbocycles. The number of nitrogens with zero attached hydrogens (tertiary/aromatic N) is 4. The number of aromatic nitrogens is 8. The zero-order valence-electron chi connectivity index (χ0n) is 68.6. The number of fused-ring (bicyclic) bond motifs is 16. The average Bonchev–Trinajstić information content (AvgIpc) is 1.34. The first kappa shape index (κ1) is 74.3. The maximum Gasteiger partial charge on any atom is 0.129 e. The average molecular weight is 1500 g/mol. The summed E-state index contributed by atoms with van der Waals surface area (Å²) in [4.78, 5) is 39.3. The molecule has 4 aliphatic rings. The number of aryl methyl sites for hydroxylation is 2. The third-order valence-electron chi connectivity index (χ3n) is 22.4. The molecule has 114 heavy (non-hydrogen) atoms. The number of hydrogen-bond acceptors (Lipinski definition) is 4. The second-order valence-corrected chi connectivity index (χ2v) is 41.1. The van der Waals surface area contributed by atoms with Crippen molar-refractivity contribution in [1.29, 1.82) is 0 Å². The Labute approximate surface area is 671 Å². The highest BCUT2D eigenvalue weighted by Crippen LogP contribution is 2.46. The van der Waals surface area contributed by atoms with E-state index in [9.17, 15) is 0 Å². The summed E-state index contributed by atoms with van der Waals surface area (Å²) in [6.07, 6.45) is 17.6. The first-order valence-electron chi connectivity index (χ1n) is 40.0. The normalized spacial score (nSPS) is 12.9. The van der Waals surface area contributed by atoms with E-state index >= 15 is 0 Å². The Kier molecular flexibility index (Phi) is 18.4. The van der Waals surface area contributed by atoms with Gasteiger partial charge in [-0.15, -0.1) is 5.54 Å². The van der Waals surface area contributed by atoms with Crippen molar-refractivity contribution in [2.75, 3.05) is 0 Å². The van der Waals surface area contributed by atoms with Crippen LogP contribution in [-0.4, -0.2) is 47.9 Å². The molecule has 0 fully saturated rings. The molecule has 0 atom stereocenters. The molecule has 13 aromatic rings. The topological polar surface area (TPSA) is 115 Å². The number of aromatic amines is 4. The molecule has 0 radical (unpaired) electrons. The Hall–Kier alpha value is -12.5. The molecular weight excluding hydrogens is 1400 g/mol. The van der Waals surface area contributed by atoms with Gasteiger partial charge >= 0.3 is 0 Å². The quantitative estimate of drug-likeness (QED) is 0.0896. The zero-order chi connectivity index (χ0) is 79.5. The molecule has 0 spiro atoms. The van der Waals surface area contributed by atoms with E-state index in [4.69, 9.17) is 19.9 Å². The van der Waals surface area contributed by atoms with E-state index in [0.29, 0.717) is 0 Å². The minimum atomic E-state index is -1.65. The van der Waals surface area contributed by atoms with Gasteiger partial charge in [-0.2, -0.15) is 0 Å². The number of hydrogen-bond donors (Lipinski definition) is 4. The molecule has 8 nitrogen and oxygen atoms in total. The molecule has 0 unspecified atom stereocenters. The van der Waals surface area contributed by atoms with Crippen LogP contribution in [0, 0.1) is 25.3 Å². The summed E-state index contributed by atoms with van der Waals surface area (Å²) in [5.41, 5.74) is 41.9. The van der Waals surface area contributed by atoms with Crippen molar-refractivity contribution in [3.63, 3.8) is 0 Å². The Morgan fingerprint density at radius 3 is 0.684 bits per heavy atom. The van der Waals surface area contributed by atoms with E-state index in [2.05, 4.69) is 409 Å². The van der Waals surface area contributed by atoms with Crippen molar-refractivity contribution in [3.8, 4) is 100 Å². The molecule has 9 heteroatoms. The Balaban J connectivity index is 0.954. The van der Waals surface area contributed by atoms with Crippen molar-refractivity contribution in [2.24, 2.45) is 0 Å². The van der Waals surface area contributed by atoms with Crippen LogP contribution in [0.1, 0.15) is 168 Å². The summed E-state index contributed by atoms with van der Waals surface area (Å²) in [6.45, 7) is 38.9. The predicted molar refractivity (Wildman–Crippen MR) is 489 cm³/mol. The van der Waals surface area contributed by atoms with Gasteiger partial charge in [-0.1, -0.05) is 271 Å². The van der Waals surface area contributed by atoms with Crippen LogP contribution in [-0.2, 0) is 21.7 Å². The molecule has 10 heterocycles. The predicted octanol–water partition coefficient (Wildman–Crippen LogP) is 28.0. The lowest BCUT2D eigenvalue weighted by molar-refractivity contribution is 0.568. The van der Waals surface area contributed by atoms with Crippen LogP contribution in [0.4, 0.5) is 0 Å². The van der Waals surface area contributed by atoms with Crippen molar-refractivity contribution < 1.29 is 0 Å². The fourth-order valence-corrected chi connectivity index (χ4v) is 16.5. The van der Waals surface area contributed by atoms with Crippen LogP contribution in [0.5, 0.6) is 0 Å². The third-order valence-corrected chi connectivity index (χ3v) is 23.3. The minimum absolute atomic E-state index is 0.157. The largest absolute Gasteiger partial charge is 0.354 e. The Morgan fingerprint density at radius 2 is 0.456 bits per heavy atom. The first-order chi connectivity index (χ1) is 54.4. The van der Waals surface area contributed by atoms with Crippen LogP contribution in [0.15, 0.2) is 212 Å². The summed E-state index contributed by atoms with van der Waals surface area (Å²) >= 11 is 0. The SMILES string of the molecule is Cc1ccc(-c2c3nc(c(-c4ccc(-c5c6nc(c(-c7cc(C(C)(C)C)cc(C(C)(C)C)c7)c7ccc([nH]7)c(-c7ccc(C#C[Si](C)(C)C)cc7)c7nc(c(-c8cc(C(C)(C)C)cc(C(C)(C)C)c8)c8ccc5[nH]8)C=C7)C=C6)cc4)c4ccc([nH]4)c(-c4ccc(C)cc4)c4nc(c(-c5ccccc5)c5ccc2[nH]5)C=C4)C=C3)cc1. The number of nitrogens with one attached hydrogen (secondary N) is 4. The van der Waals surface area contributed by atoms with Gasteiger partial charge in [0.15, 0.2) is 0 Å². The number of rotatable bonds is 8. The Morgan fingerprint density at radius 1 is 0.246 bits per heavy atom. The summed E-state index contributed by atoms with van der Waals surface area (Å²) in [5.74, 6) is 3.52. The van der Waals surface area contributed by atoms with Gasteiger partial charge in [0, 0.05) is 94.2 Å². The molecule has 0 saturated heterocycles. The molecule has 4 N–H and O–H groups in total. The summed E-state index contributed by atoms with van der Waals surface area (Å²) in [6, 6.07) is 78.2.